The molecule has 2 aromatic rings. The number of likely N-dealkylation sites (tertiary alicyclic amines) is 1. The van der Waals surface area contributed by atoms with Crippen molar-refractivity contribution in [1.82, 2.24) is 20.0 Å². The second kappa shape index (κ2) is 7.76. The smallest absolute Gasteiger partial charge is 0.272 e. The molecule has 1 N–H and O–H groups in total. The van der Waals surface area contributed by atoms with Crippen LogP contribution in [0.25, 0.3) is 0 Å². The summed E-state index contributed by atoms with van der Waals surface area (Å²) in [5, 5.41) is 7.32. The first-order valence-electron chi connectivity index (χ1n) is 9.09. The standard InChI is InChI=1S/C19H26N4O3/c1-13(2)16-11-17(22(3)21-16)19(25)23-8-6-14(7-9-23)18(24)20-12-15-5-4-10-26-15/h4-5,10-11,13-14H,6-9,12H2,1-3H3,(H,20,24). The van der Waals surface area contributed by atoms with Crippen LogP contribution in [0.15, 0.2) is 28.9 Å². The second-order valence-corrected chi connectivity index (χ2v) is 7.10. The van der Waals surface area contributed by atoms with Crippen molar-refractivity contribution in [3.63, 3.8) is 0 Å². The average molecular weight is 358 g/mol. The molecule has 0 atom stereocenters. The van der Waals surface area contributed by atoms with E-state index in [1.54, 1.807) is 24.1 Å². The minimum absolute atomic E-state index is 0.0126. The molecule has 0 radical (unpaired) electrons. The zero-order valence-corrected chi connectivity index (χ0v) is 15.6. The number of amides is 2. The number of rotatable bonds is 5. The summed E-state index contributed by atoms with van der Waals surface area (Å²) in [6.45, 7) is 5.69. The highest BCUT2D eigenvalue weighted by Crippen LogP contribution is 2.21. The Morgan fingerprint density at radius 1 is 1.35 bits per heavy atom. The normalized spacial score (nSPS) is 15.5. The Morgan fingerprint density at radius 3 is 2.65 bits per heavy atom. The van der Waals surface area contributed by atoms with E-state index in [0.717, 1.165) is 11.5 Å². The molecule has 0 unspecified atom stereocenters. The van der Waals surface area contributed by atoms with Crippen LogP contribution in [-0.2, 0) is 18.4 Å². The number of aromatic nitrogens is 2. The van der Waals surface area contributed by atoms with Crippen LogP contribution in [0.5, 0.6) is 0 Å². The Hall–Kier alpha value is -2.57. The van der Waals surface area contributed by atoms with E-state index in [-0.39, 0.29) is 23.7 Å². The Labute approximate surface area is 153 Å². The molecule has 7 nitrogen and oxygen atoms in total. The molecule has 26 heavy (non-hydrogen) atoms. The van der Waals surface area contributed by atoms with E-state index in [4.69, 9.17) is 4.42 Å². The summed E-state index contributed by atoms with van der Waals surface area (Å²) in [7, 11) is 1.80. The summed E-state index contributed by atoms with van der Waals surface area (Å²) in [5.41, 5.74) is 1.53. The summed E-state index contributed by atoms with van der Waals surface area (Å²) < 4.78 is 6.88. The van der Waals surface area contributed by atoms with Crippen LogP contribution < -0.4 is 5.32 Å². The molecule has 0 aliphatic carbocycles. The number of carbonyl (C=O) groups excluding carboxylic acids is 2. The molecule has 7 heteroatoms. The Bertz CT molecular complexity index is 756. The summed E-state index contributed by atoms with van der Waals surface area (Å²) in [5.74, 6) is 0.971. The maximum absolute atomic E-state index is 12.8. The van der Waals surface area contributed by atoms with E-state index >= 15 is 0 Å². The molecular formula is C19H26N4O3. The zero-order chi connectivity index (χ0) is 18.7. The lowest BCUT2D eigenvalue weighted by Crippen LogP contribution is -2.43. The first-order valence-corrected chi connectivity index (χ1v) is 9.09. The van der Waals surface area contributed by atoms with Crippen molar-refractivity contribution in [3.05, 3.63) is 41.6 Å². The predicted molar refractivity (Wildman–Crippen MR) is 96.5 cm³/mol. The van der Waals surface area contributed by atoms with Gasteiger partial charge < -0.3 is 14.6 Å². The van der Waals surface area contributed by atoms with Crippen molar-refractivity contribution in [3.8, 4) is 0 Å². The maximum Gasteiger partial charge on any atom is 0.272 e. The van der Waals surface area contributed by atoms with Crippen LogP contribution >= 0.6 is 0 Å². The van der Waals surface area contributed by atoms with Crippen LogP contribution in [-0.4, -0.2) is 39.6 Å². The average Bonchev–Trinajstić information content (AvgIpc) is 3.29. The monoisotopic (exact) mass is 358 g/mol. The molecule has 3 rings (SSSR count). The van der Waals surface area contributed by atoms with Crippen molar-refractivity contribution in [2.45, 2.75) is 39.2 Å². The first-order chi connectivity index (χ1) is 12.5. The lowest BCUT2D eigenvalue weighted by Gasteiger charge is -2.31. The fraction of sp³-hybridized carbons (Fsp3) is 0.526. The van der Waals surface area contributed by atoms with E-state index in [2.05, 4.69) is 24.3 Å². The lowest BCUT2D eigenvalue weighted by atomic mass is 9.95. The minimum Gasteiger partial charge on any atom is -0.467 e. The molecule has 0 aromatic carbocycles. The summed E-state index contributed by atoms with van der Waals surface area (Å²) in [6, 6.07) is 5.50. The summed E-state index contributed by atoms with van der Waals surface area (Å²) >= 11 is 0. The van der Waals surface area contributed by atoms with Gasteiger partial charge in [0.25, 0.3) is 5.91 Å². The van der Waals surface area contributed by atoms with Crippen molar-refractivity contribution in [1.29, 1.82) is 0 Å². The van der Waals surface area contributed by atoms with E-state index in [9.17, 15) is 9.59 Å². The van der Waals surface area contributed by atoms with Gasteiger partial charge in [-0.05, 0) is 37.0 Å². The van der Waals surface area contributed by atoms with Gasteiger partial charge in [-0.25, -0.2) is 0 Å². The number of carbonyl (C=O) groups is 2. The zero-order valence-electron chi connectivity index (χ0n) is 15.6. The van der Waals surface area contributed by atoms with Crippen molar-refractivity contribution in [2.24, 2.45) is 13.0 Å². The van der Waals surface area contributed by atoms with Gasteiger partial charge in [-0.1, -0.05) is 13.8 Å². The van der Waals surface area contributed by atoms with E-state index in [1.165, 1.54) is 0 Å². The first kappa shape index (κ1) is 18.2. The fourth-order valence-corrected chi connectivity index (χ4v) is 3.21. The Morgan fingerprint density at radius 2 is 2.08 bits per heavy atom. The lowest BCUT2D eigenvalue weighted by molar-refractivity contribution is -0.126. The molecule has 0 bridgehead atoms. The third-order valence-electron chi connectivity index (χ3n) is 4.88. The van der Waals surface area contributed by atoms with E-state index in [1.807, 2.05) is 17.0 Å². The summed E-state index contributed by atoms with van der Waals surface area (Å²) in [4.78, 5) is 26.9. The van der Waals surface area contributed by atoms with Gasteiger partial charge in [0.1, 0.15) is 11.5 Å². The molecule has 0 spiro atoms. The summed E-state index contributed by atoms with van der Waals surface area (Å²) in [6.07, 6.45) is 2.93. The molecule has 1 fully saturated rings. The highest BCUT2D eigenvalue weighted by molar-refractivity contribution is 5.93. The van der Waals surface area contributed by atoms with Gasteiger partial charge in [0.15, 0.2) is 0 Å². The van der Waals surface area contributed by atoms with Crippen molar-refractivity contribution < 1.29 is 14.0 Å². The van der Waals surface area contributed by atoms with Crippen LogP contribution in [0.3, 0.4) is 0 Å². The van der Waals surface area contributed by atoms with Gasteiger partial charge in [0.2, 0.25) is 5.91 Å². The van der Waals surface area contributed by atoms with Gasteiger partial charge >= 0.3 is 0 Å². The maximum atomic E-state index is 12.8. The SMILES string of the molecule is CC(C)c1cc(C(=O)N2CCC(C(=O)NCc3ccco3)CC2)n(C)n1. The third kappa shape index (κ3) is 3.98. The fourth-order valence-electron chi connectivity index (χ4n) is 3.21. The Kier molecular flexibility index (Phi) is 5.44. The third-order valence-corrected chi connectivity index (χ3v) is 4.88. The quantitative estimate of drug-likeness (QED) is 0.889. The predicted octanol–water partition coefficient (Wildman–Crippen LogP) is 2.31. The number of hydrogen-bond acceptors (Lipinski definition) is 4. The highest BCUT2D eigenvalue weighted by atomic mass is 16.3. The largest absolute Gasteiger partial charge is 0.467 e. The number of nitrogens with zero attached hydrogens (tertiary/aromatic N) is 3. The molecular weight excluding hydrogens is 332 g/mol. The Balaban J connectivity index is 1.53. The highest BCUT2D eigenvalue weighted by Gasteiger charge is 2.29. The minimum atomic E-state index is -0.0632. The molecule has 0 saturated carbocycles. The second-order valence-electron chi connectivity index (χ2n) is 7.10. The van der Waals surface area contributed by atoms with Gasteiger partial charge in [0, 0.05) is 26.1 Å². The van der Waals surface area contributed by atoms with Crippen LogP contribution in [0.1, 0.15) is 54.5 Å². The van der Waals surface area contributed by atoms with Crippen LogP contribution in [0, 0.1) is 5.92 Å². The number of hydrogen-bond donors (Lipinski definition) is 1. The molecule has 1 saturated heterocycles. The number of furan rings is 1. The van der Waals surface area contributed by atoms with Crippen LogP contribution in [0.4, 0.5) is 0 Å². The number of aryl methyl sites for hydroxylation is 1. The number of piperidine rings is 1. The molecule has 3 heterocycles. The topological polar surface area (TPSA) is 80.4 Å². The van der Waals surface area contributed by atoms with Gasteiger partial charge in [-0.2, -0.15) is 5.10 Å². The van der Waals surface area contributed by atoms with Gasteiger partial charge in [0.05, 0.1) is 18.5 Å². The van der Waals surface area contributed by atoms with Gasteiger partial charge in [-0.3, -0.25) is 14.3 Å². The van der Waals surface area contributed by atoms with Crippen molar-refractivity contribution >= 4 is 11.8 Å². The molecule has 140 valence electrons. The molecule has 2 amide bonds. The van der Waals surface area contributed by atoms with Crippen LogP contribution in [0.2, 0.25) is 0 Å². The van der Waals surface area contributed by atoms with Crippen molar-refractivity contribution in [2.75, 3.05) is 13.1 Å². The molecule has 1 aliphatic rings. The molecule has 1 aliphatic heterocycles. The number of nitrogens with one attached hydrogen (secondary N) is 1. The molecule has 2 aromatic heterocycles. The van der Waals surface area contributed by atoms with Gasteiger partial charge in [-0.15, -0.1) is 0 Å². The van der Waals surface area contributed by atoms with E-state index < -0.39 is 0 Å². The van der Waals surface area contributed by atoms with E-state index in [0.29, 0.717) is 38.2 Å².